The van der Waals surface area contributed by atoms with Crippen molar-refractivity contribution in [1.82, 2.24) is 10.2 Å². The molecule has 27 heavy (non-hydrogen) atoms. The van der Waals surface area contributed by atoms with Gasteiger partial charge in [0, 0.05) is 35.9 Å². The molecule has 1 fully saturated rings. The lowest BCUT2D eigenvalue weighted by Crippen LogP contribution is -2.53. The van der Waals surface area contributed by atoms with Gasteiger partial charge in [-0.25, -0.2) is 4.39 Å². The highest BCUT2D eigenvalue weighted by Crippen LogP contribution is 2.34. The Bertz CT molecular complexity index is 728. The topological polar surface area (TPSA) is 44.7 Å². The van der Waals surface area contributed by atoms with Crippen molar-refractivity contribution in [2.24, 2.45) is 10.9 Å². The number of aliphatic imine (C=N–C) groups is 1. The Balaban J connectivity index is 2.02. The lowest BCUT2D eigenvalue weighted by atomic mass is 9.82. The third-order valence-electron chi connectivity index (χ3n) is 5.72. The lowest BCUT2D eigenvalue weighted by Gasteiger charge is -2.39. The summed E-state index contributed by atoms with van der Waals surface area (Å²) in [5.74, 6) is -0.610. The molecule has 0 aliphatic carbocycles. The molecule has 1 N–H and O–H groups in total. The van der Waals surface area contributed by atoms with E-state index in [2.05, 4.69) is 31.0 Å². The monoisotopic (exact) mass is 373 g/mol. The van der Waals surface area contributed by atoms with Crippen LogP contribution in [0.5, 0.6) is 0 Å². The first-order valence-corrected chi connectivity index (χ1v) is 10.3. The zero-order valence-electron chi connectivity index (χ0n) is 17.0. The summed E-state index contributed by atoms with van der Waals surface area (Å²) in [5, 5.41) is 3.62. The van der Waals surface area contributed by atoms with Gasteiger partial charge < -0.3 is 5.32 Å². The Morgan fingerprint density at radius 1 is 1.37 bits per heavy atom. The molecular weight excluding hydrogens is 341 g/mol. The van der Waals surface area contributed by atoms with Gasteiger partial charge in [-0.3, -0.25) is 14.7 Å². The summed E-state index contributed by atoms with van der Waals surface area (Å²) in [5.41, 5.74) is 2.05. The van der Waals surface area contributed by atoms with Crippen LogP contribution in [0.25, 0.3) is 0 Å². The van der Waals surface area contributed by atoms with Crippen molar-refractivity contribution in [3.63, 3.8) is 0 Å². The Morgan fingerprint density at radius 3 is 2.85 bits per heavy atom. The minimum Gasteiger partial charge on any atom is -0.310 e. The third kappa shape index (κ3) is 4.30. The van der Waals surface area contributed by atoms with Gasteiger partial charge in [0.25, 0.3) is 0 Å². The normalized spacial score (nSPS) is 24.1. The Hall–Kier alpha value is -1.59. The van der Waals surface area contributed by atoms with Crippen LogP contribution >= 0.6 is 0 Å². The fraction of sp³-hybridized carbons (Fsp3) is 0.636. The molecule has 2 heterocycles. The van der Waals surface area contributed by atoms with E-state index in [-0.39, 0.29) is 29.1 Å². The van der Waals surface area contributed by atoms with Crippen LogP contribution < -0.4 is 5.32 Å². The van der Waals surface area contributed by atoms with Gasteiger partial charge in [-0.1, -0.05) is 20.3 Å². The van der Waals surface area contributed by atoms with Crippen LogP contribution in [0.15, 0.2) is 23.2 Å². The van der Waals surface area contributed by atoms with Gasteiger partial charge in [0.15, 0.2) is 5.78 Å². The summed E-state index contributed by atoms with van der Waals surface area (Å²) in [6.45, 7) is 11.6. The predicted octanol–water partition coefficient (Wildman–Crippen LogP) is 4.36. The van der Waals surface area contributed by atoms with E-state index < -0.39 is 0 Å². The highest BCUT2D eigenvalue weighted by molar-refractivity contribution is 6.19. The quantitative estimate of drug-likeness (QED) is 0.834. The van der Waals surface area contributed by atoms with E-state index in [0.717, 1.165) is 44.6 Å². The number of hydrogen-bond donors (Lipinski definition) is 1. The van der Waals surface area contributed by atoms with E-state index in [9.17, 15) is 9.18 Å². The van der Waals surface area contributed by atoms with Crippen molar-refractivity contribution >= 4 is 17.2 Å². The van der Waals surface area contributed by atoms with Crippen molar-refractivity contribution in [2.45, 2.75) is 65.0 Å². The van der Waals surface area contributed by atoms with Crippen molar-refractivity contribution in [3.05, 3.63) is 29.6 Å². The fourth-order valence-electron chi connectivity index (χ4n) is 4.45. The van der Waals surface area contributed by atoms with E-state index >= 15 is 0 Å². The van der Waals surface area contributed by atoms with E-state index in [1.54, 1.807) is 6.07 Å². The number of nitrogens with zero attached hydrogens (tertiary/aromatic N) is 2. The fourth-order valence-corrected chi connectivity index (χ4v) is 4.45. The molecule has 0 spiro atoms. The number of rotatable bonds is 5. The van der Waals surface area contributed by atoms with Crippen molar-refractivity contribution in [1.29, 1.82) is 0 Å². The Kier molecular flexibility index (Phi) is 6.11. The van der Waals surface area contributed by atoms with Crippen LogP contribution in [0.1, 0.15) is 63.7 Å². The lowest BCUT2D eigenvalue weighted by molar-refractivity contribution is 0.0943. The van der Waals surface area contributed by atoms with Gasteiger partial charge in [0.1, 0.15) is 5.82 Å². The number of carbonyl (C=O) groups excluding carboxylic acids is 1. The maximum absolute atomic E-state index is 13.7. The minimum absolute atomic E-state index is 0.0188. The van der Waals surface area contributed by atoms with Crippen LogP contribution in [0.4, 0.5) is 10.1 Å². The molecule has 2 aliphatic rings. The number of nitrogens with one attached hydrogen (secondary N) is 1. The molecule has 4 nitrogen and oxygen atoms in total. The molecule has 0 amide bonds. The second-order valence-electron chi connectivity index (χ2n) is 8.46. The first-order chi connectivity index (χ1) is 12.9. The van der Waals surface area contributed by atoms with E-state index in [0.29, 0.717) is 17.7 Å². The Morgan fingerprint density at radius 2 is 2.15 bits per heavy atom. The summed E-state index contributed by atoms with van der Waals surface area (Å²) < 4.78 is 13.7. The third-order valence-corrected chi connectivity index (χ3v) is 5.72. The zero-order chi connectivity index (χ0) is 19.6. The molecule has 3 rings (SSSR count). The molecule has 2 atom stereocenters. The minimum atomic E-state index is -0.374. The summed E-state index contributed by atoms with van der Waals surface area (Å²) in [7, 11) is 0. The highest BCUT2D eigenvalue weighted by atomic mass is 19.1. The van der Waals surface area contributed by atoms with E-state index in [4.69, 9.17) is 4.99 Å². The average Bonchev–Trinajstić information content (AvgIpc) is 2.80. The maximum atomic E-state index is 13.7. The van der Waals surface area contributed by atoms with E-state index in [1.165, 1.54) is 12.1 Å². The van der Waals surface area contributed by atoms with Gasteiger partial charge in [-0.05, 0) is 57.9 Å². The molecule has 5 heteroatoms. The molecule has 0 bridgehead atoms. The number of halogens is 1. The summed E-state index contributed by atoms with van der Waals surface area (Å²) in [4.78, 5) is 20.6. The molecule has 1 aromatic rings. The number of carbonyl (C=O) groups is 1. The molecule has 1 unspecified atom stereocenters. The van der Waals surface area contributed by atoms with Crippen molar-refractivity contribution in [3.8, 4) is 0 Å². The molecule has 148 valence electrons. The summed E-state index contributed by atoms with van der Waals surface area (Å²) in [6.07, 6.45) is 3.80. The van der Waals surface area contributed by atoms with Gasteiger partial charge in [0.05, 0.1) is 11.6 Å². The van der Waals surface area contributed by atoms with Crippen molar-refractivity contribution < 1.29 is 9.18 Å². The summed E-state index contributed by atoms with van der Waals surface area (Å²) >= 11 is 0. The van der Waals surface area contributed by atoms with Gasteiger partial charge >= 0.3 is 0 Å². The van der Waals surface area contributed by atoms with Crippen molar-refractivity contribution in [2.75, 3.05) is 19.6 Å². The molecule has 1 saturated heterocycles. The van der Waals surface area contributed by atoms with Gasteiger partial charge in [-0.2, -0.15) is 0 Å². The SMILES string of the molecule is CCCC(C1=Nc2ccc(F)cc2C(=O)[C@@H]1CC)N1CCCNC(C)(C)C1. The van der Waals surface area contributed by atoms with Crippen LogP contribution in [-0.2, 0) is 0 Å². The first-order valence-electron chi connectivity index (χ1n) is 10.3. The number of ketones is 1. The molecular formula is C22H32FN3O. The van der Waals surface area contributed by atoms with Crippen LogP contribution in [-0.4, -0.2) is 47.6 Å². The maximum Gasteiger partial charge on any atom is 0.173 e. The zero-order valence-corrected chi connectivity index (χ0v) is 17.0. The van der Waals surface area contributed by atoms with Gasteiger partial charge in [0.2, 0.25) is 0 Å². The van der Waals surface area contributed by atoms with Crippen LogP contribution in [0, 0.1) is 11.7 Å². The molecule has 0 saturated carbocycles. The predicted molar refractivity (Wildman–Crippen MR) is 109 cm³/mol. The van der Waals surface area contributed by atoms with E-state index in [1.807, 2.05) is 6.92 Å². The highest BCUT2D eigenvalue weighted by Gasteiger charge is 2.38. The standard InChI is InChI=1S/C22H32FN3O/c1-5-8-19(26-12-7-11-24-22(3,4)14-26)20-16(6-2)21(27)17-13-15(23)9-10-18(17)25-20/h9-10,13,16,19,24H,5-8,11-12,14H2,1-4H3/t16-,19?/m1/s1. The molecule has 0 radical (unpaired) electrons. The number of hydrogen-bond acceptors (Lipinski definition) is 4. The number of benzene rings is 1. The summed E-state index contributed by atoms with van der Waals surface area (Å²) in [6, 6.07) is 4.54. The first kappa shape index (κ1) is 20.2. The Labute approximate surface area is 162 Å². The number of fused-ring (bicyclic) bond motifs is 1. The average molecular weight is 374 g/mol. The molecule has 0 aromatic heterocycles. The smallest absolute Gasteiger partial charge is 0.173 e. The molecule has 2 aliphatic heterocycles. The van der Waals surface area contributed by atoms with Gasteiger partial charge in [-0.15, -0.1) is 0 Å². The second kappa shape index (κ2) is 8.19. The largest absolute Gasteiger partial charge is 0.310 e. The van der Waals surface area contributed by atoms with Crippen LogP contribution in [0.2, 0.25) is 0 Å². The molecule has 1 aromatic carbocycles. The van der Waals surface area contributed by atoms with Crippen LogP contribution in [0.3, 0.4) is 0 Å². The second-order valence-corrected chi connectivity index (χ2v) is 8.46. The number of Topliss-reactive ketones (excluding diaryl/α,β-unsaturated/α-hetero) is 1.